The highest BCUT2D eigenvalue weighted by Crippen LogP contribution is 2.28. The monoisotopic (exact) mass is 234 g/mol. The summed E-state index contributed by atoms with van der Waals surface area (Å²) in [6.45, 7) is 1.04. The number of benzene rings is 1. The zero-order valence-electron chi connectivity index (χ0n) is 9.98. The molecule has 17 heavy (non-hydrogen) atoms. The maximum Gasteiger partial charge on any atom is 0.234 e. The zero-order valence-corrected chi connectivity index (χ0v) is 9.98. The molecule has 1 fully saturated rings. The molecule has 2 N–H and O–H groups in total. The van der Waals surface area contributed by atoms with Crippen LogP contribution in [-0.2, 0) is 9.53 Å². The smallest absolute Gasteiger partial charge is 0.234 e. The maximum atomic E-state index is 11.5. The molecule has 0 radical (unpaired) electrons. The molecular weight excluding hydrogens is 216 g/mol. The molecule has 1 amide bonds. The Hall–Kier alpha value is -1.39. The Kier molecular flexibility index (Phi) is 4.12. The first-order chi connectivity index (χ1) is 8.31. The van der Waals surface area contributed by atoms with Crippen LogP contribution in [0.2, 0.25) is 0 Å². The Balaban J connectivity index is 2.00. The van der Waals surface area contributed by atoms with Crippen molar-refractivity contribution in [2.45, 2.75) is 18.6 Å². The van der Waals surface area contributed by atoms with E-state index in [1.54, 1.807) is 7.05 Å². The van der Waals surface area contributed by atoms with Crippen molar-refractivity contribution in [2.75, 3.05) is 20.2 Å². The lowest BCUT2D eigenvalue weighted by Gasteiger charge is -2.20. The van der Waals surface area contributed by atoms with Gasteiger partial charge in [-0.25, -0.2) is 0 Å². The van der Waals surface area contributed by atoms with Crippen LogP contribution in [-0.4, -0.2) is 32.1 Å². The van der Waals surface area contributed by atoms with Gasteiger partial charge in [-0.2, -0.15) is 0 Å². The minimum absolute atomic E-state index is 0.0167. The van der Waals surface area contributed by atoms with Crippen molar-refractivity contribution in [3.63, 3.8) is 0 Å². The van der Waals surface area contributed by atoms with Crippen LogP contribution in [0.5, 0.6) is 0 Å². The van der Waals surface area contributed by atoms with E-state index in [2.05, 4.69) is 10.6 Å². The van der Waals surface area contributed by atoms with E-state index < -0.39 is 0 Å². The second-order valence-corrected chi connectivity index (χ2v) is 4.20. The van der Waals surface area contributed by atoms with Gasteiger partial charge in [0.1, 0.15) is 6.10 Å². The molecule has 1 aromatic carbocycles. The molecule has 1 heterocycles. The topological polar surface area (TPSA) is 50.4 Å². The maximum absolute atomic E-state index is 11.5. The van der Waals surface area contributed by atoms with Crippen LogP contribution in [0.3, 0.4) is 0 Å². The van der Waals surface area contributed by atoms with E-state index in [1.165, 1.54) is 0 Å². The predicted octanol–water partition coefficient (Wildman–Crippen LogP) is 0.852. The van der Waals surface area contributed by atoms with Crippen LogP contribution in [0.1, 0.15) is 18.1 Å². The van der Waals surface area contributed by atoms with Gasteiger partial charge in [0.15, 0.2) is 0 Å². The van der Waals surface area contributed by atoms with Gasteiger partial charge in [0.05, 0.1) is 12.6 Å². The number of carbonyl (C=O) groups excluding carboxylic acids is 1. The minimum atomic E-state index is -0.0167. The first-order valence-corrected chi connectivity index (χ1v) is 5.92. The summed E-state index contributed by atoms with van der Waals surface area (Å²) in [6, 6.07) is 10.1. The first kappa shape index (κ1) is 12.1. The number of ether oxygens (including phenoxy) is 1. The van der Waals surface area contributed by atoms with E-state index >= 15 is 0 Å². The molecule has 92 valence electrons. The first-order valence-electron chi connectivity index (χ1n) is 5.92. The van der Waals surface area contributed by atoms with E-state index in [0.717, 1.165) is 12.0 Å². The molecule has 1 aliphatic rings. The summed E-state index contributed by atoms with van der Waals surface area (Å²) in [5, 5.41) is 5.85. The third-order valence-corrected chi connectivity index (χ3v) is 2.90. The fraction of sp³-hybridized carbons (Fsp3) is 0.462. The summed E-state index contributed by atoms with van der Waals surface area (Å²) in [6.07, 6.45) is 0.853. The molecule has 0 bridgehead atoms. The van der Waals surface area contributed by atoms with Crippen molar-refractivity contribution in [2.24, 2.45) is 0 Å². The fourth-order valence-corrected chi connectivity index (χ4v) is 2.13. The highest BCUT2D eigenvalue weighted by molar-refractivity contribution is 5.78. The number of rotatable bonds is 4. The number of hydrogen-bond acceptors (Lipinski definition) is 3. The largest absolute Gasteiger partial charge is 0.371 e. The average molecular weight is 234 g/mol. The lowest BCUT2D eigenvalue weighted by Crippen LogP contribution is -2.41. The highest BCUT2D eigenvalue weighted by Gasteiger charge is 2.30. The van der Waals surface area contributed by atoms with Crippen molar-refractivity contribution >= 4 is 5.91 Å². The van der Waals surface area contributed by atoms with Gasteiger partial charge >= 0.3 is 0 Å². The van der Waals surface area contributed by atoms with Crippen molar-refractivity contribution < 1.29 is 9.53 Å². The van der Waals surface area contributed by atoms with Crippen LogP contribution in [0.25, 0.3) is 0 Å². The second-order valence-electron chi connectivity index (χ2n) is 4.20. The molecule has 0 spiro atoms. The number of hydrogen-bond donors (Lipinski definition) is 2. The standard InChI is InChI=1S/C13H18N2O2/c1-14-9-12(16)15-11-7-8-17-13(11)10-5-3-2-4-6-10/h2-6,11,13-14H,7-9H2,1H3,(H,15,16). The Bertz CT molecular complexity index is 367. The molecule has 4 heteroatoms. The normalized spacial score (nSPS) is 23.6. The zero-order chi connectivity index (χ0) is 12.1. The third-order valence-electron chi connectivity index (χ3n) is 2.90. The van der Waals surface area contributed by atoms with Gasteiger partial charge in [-0.3, -0.25) is 4.79 Å². The Labute approximate surface area is 101 Å². The van der Waals surface area contributed by atoms with Gasteiger partial charge in [0.25, 0.3) is 0 Å². The van der Waals surface area contributed by atoms with Gasteiger partial charge in [-0.1, -0.05) is 30.3 Å². The summed E-state index contributed by atoms with van der Waals surface area (Å²) in [5.41, 5.74) is 1.12. The molecule has 0 aliphatic carbocycles. The lowest BCUT2D eigenvalue weighted by molar-refractivity contribution is -0.121. The fourth-order valence-electron chi connectivity index (χ4n) is 2.13. The average Bonchev–Trinajstić information content (AvgIpc) is 2.78. The number of nitrogens with one attached hydrogen (secondary N) is 2. The Morgan fingerprint density at radius 2 is 2.18 bits per heavy atom. The van der Waals surface area contributed by atoms with Crippen LogP contribution < -0.4 is 10.6 Å². The van der Waals surface area contributed by atoms with E-state index in [-0.39, 0.29) is 18.1 Å². The summed E-state index contributed by atoms with van der Waals surface area (Å²) in [4.78, 5) is 11.5. The van der Waals surface area contributed by atoms with E-state index in [1.807, 2.05) is 30.3 Å². The molecular formula is C13H18N2O2. The summed E-state index contributed by atoms with van der Waals surface area (Å²) in [5.74, 6) is 0.0175. The van der Waals surface area contributed by atoms with Gasteiger partial charge in [-0.05, 0) is 19.0 Å². The molecule has 1 saturated heterocycles. The van der Waals surface area contributed by atoms with E-state index in [0.29, 0.717) is 13.2 Å². The molecule has 0 saturated carbocycles. The van der Waals surface area contributed by atoms with Crippen LogP contribution in [0, 0.1) is 0 Å². The number of likely N-dealkylation sites (N-methyl/N-ethyl adjacent to an activating group) is 1. The molecule has 1 aliphatic heterocycles. The summed E-state index contributed by atoms with van der Waals surface area (Å²) >= 11 is 0. The lowest BCUT2D eigenvalue weighted by atomic mass is 10.0. The van der Waals surface area contributed by atoms with Gasteiger partial charge in [0, 0.05) is 6.61 Å². The summed E-state index contributed by atoms with van der Waals surface area (Å²) < 4.78 is 5.70. The van der Waals surface area contributed by atoms with Crippen molar-refractivity contribution in [1.29, 1.82) is 0 Å². The molecule has 2 atom stereocenters. The molecule has 2 unspecified atom stereocenters. The Morgan fingerprint density at radius 3 is 2.88 bits per heavy atom. The molecule has 0 aromatic heterocycles. The predicted molar refractivity (Wildman–Crippen MR) is 65.6 cm³/mol. The van der Waals surface area contributed by atoms with E-state index in [9.17, 15) is 4.79 Å². The van der Waals surface area contributed by atoms with Crippen molar-refractivity contribution in [3.05, 3.63) is 35.9 Å². The summed E-state index contributed by atoms with van der Waals surface area (Å²) in [7, 11) is 1.76. The number of amides is 1. The second kappa shape index (κ2) is 5.80. The van der Waals surface area contributed by atoms with Crippen molar-refractivity contribution in [3.8, 4) is 0 Å². The SMILES string of the molecule is CNCC(=O)NC1CCOC1c1ccccc1. The molecule has 2 rings (SSSR count). The molecule has 1 aromatic rings. The van der Waals surface area contributed by atoms with Gasteiger partial charge in [0.2, 0.25) is 5.91 Å². The van der Waals surface area contributed by atoms with Crippen LogP contribution in [0.15, 0.2) is 30.3 Å². The highest BCUT2D eigenvalue weighted by atomic mass is 16.5. The van der Waals surface area contributed by atoms with Gasteiger partial charge in [-0.15, -0.1) is 0 Å². The number of carbonyl (C=O) groups is 1. The van der Waals surface area contributed by atoms with Gasteiger partial charge < -0.3 is 15.4 Å². The van der Waals surface area contributed by atoms with Crippen LogP contribution in [0.4, 0.5) is 0 Å². The molecule has 4 nitrogen and oxygen atoms in total. The van der Waals surface area contributed by atoms with Crippen molar-refractivity contribution in [1.82, 2.24) is 10.6 Å². The third kappa shape index (κ3) is 3.05. The Morgan fingerprint density at radius 1 is 1.41 bits per heavy atom. The van der Waals surface area contributed by atoms with Crippen LogP contribution >= 0.6 is 0 Å². The van der Waals surface area contributed by atoms with E-state index in [4.69, 9.17) is 4.74 Å². The quantitative estimate of drug-likeness (QED) is 0.812. The minimum Gasteiger partial charge on any atom is -0.371 e.